The predicted octanol–water partition coefficient (Wildman–Crippen LogP) is 3.42. The van der Waals surface area contributed by atoms with Crippen LogP contribution in [0.4, 0.5) is 0 Å². The fourth-order valence-corrected chi connectivity index (χ4v) is 3.67. The van der Waals surface area contributed by atoms with Gasteiger partial charge < -0.3 is 10.2 Å². The molecule has 116 valence electrons. The third-order valence-electron chi connectivity index (χ3n) is 4.72. The maximum atomic E-state index is 3.86. The van der Waals surface area contributed by atoms with Crippen LogP contribution in [-0.2, 0) is 12.0 Å². The predicted molar refractivity (Wildman–Crippen MR) is 93.2 cm³/mol. The minimum Gasteiger partial charge on any atom is -0.309 e. The van der Waals surface area contributed by atoms with Gasteiger partial charge in [0.1, 0.15) is 0 Å². The molecule has 0 saturated carbocycles. The van der Waals surface area contributed by atoms with Crippen molar-refractivity contribution in [2.45, 2.75) is 24.8 Å². The van der Waals surface area contributed by atoms with Crippen LogP contribution in [-0.4, -0.2) is 32.1 Å². The molecule has 0 spiro atoms. The number of rotatable bonds is 5. The average Bonchev–Trinajstić information content (AvgIpc) is 2.55. The third kappa shape index (κ3) is 2.94. The lowest BCUT2D eigenvalue weighted by Gasteiger charge is -2.41. The van der Waals surface area contributed by atoms with Crippen molar-refractivity contribution in [3.05, 3.63) is 71.3 Å². The summed E-state index contributed by atoms with van der Waals surface area (Å²) < 4.78 is 0. The molecule has 0 amide bonds. The number of hydrogen-bond acceptors (Lipinski definition) is 2. The molecule has 1 aliphatic heterocycles. The summed E-state index contributed by atoms with van der Waals surface area (Å²) in [5.74, 6) is 0. The molecule has 1 heterocycles. The molecular weight excluding hydrogens is 268 g/mol. The van der Waals surface area contributed by atoms with Gasteiger partial charge >= 0.3 is 0 Å². The Morgan fingerprint density at radius 3 is 2.50 bits per heavy atom. The molecule has 2 aromatic rings. The first-order valence-corrected chi connectivity index (χ1v) is 8.26. The molecule has 0 saturated heterocycles. The van der Waals surface area contributed by atoms with Gasteiger partial charge in [-0.1, -0.05) is 54.6 Å². The monoisotopic (exact) mass is 294 g/mol. The Bertz CT molecular complexity index is 606. The van der Waals surface area contributed by atoms with E-state index in [2.05, 4.69) is 78.9 Å². The van der Waals surface area contributed by atoms with Crippen LogP contribution in [0, 0.1) is 0 Å². The minimum absolute atomic E-state index is 0.0356. The minimum atomic E-state index is -0.0356. The Labute approximate surface area is 134 Å². The van der Waals surface area contributed by atoms with Gasteiger partial charge in [-0.05, 0) is 56.6 Å². The Balaban J connectivity index is 2.01. The highest BCUT2D eigenvalue weighted by Gasteiger charge is 2.37. The summed E-state index contributed by atoms with van der Waals surface area (Å²) in [6.45, 7) is 2.17. The standard InChI is InChI=1S/C20H26N2/c1-22(2)16-8-14-20(18-10-4-3-5-11-18)19-12-7-6-9-17(19)13-15-21-20/h3-7,9-12,21H,8,13-16H2,1-2H3. The van der Waals surface area contributed by atoms with Crippen LogP contribution < -0.4 is 5.32 Å². The Morgan fingerprint density at radius 2 is 1.73 bits per heavy atom. The van der Waals surface area contributed by atoms with Crippen molar-refractivity contribution in [3.8, 4) is 0 Å². The number of benzene rings is 2. The van der Waals surface area contributed by atoms with E-state index < -0.39 is 0 Å². The molecule has 0 radical (unpaired) electrons. The van der Waals surface area contributed by atoms with Crippen molar-refractivity contribution in [2.75, 3.05) is 27.2 Å². The molecule has 2 nitrogen and oxygen atoms in total. The van der Waals surface area contributed by atoms with Crippen molar-refractivity contribution in [2.24, 2.45) is 0 Å². The maximum absolute atomic E-state index is 3.86. The van der Waals surface area contributed by atoms with Crippen LogP contribution >= 0.6 is 0 Å². The van der Waals surface area contributed by atoms with Gasteiger partial charge in [-0.25, -0.2) is 0 Å². The van der Waals surface area contributed by atoms with Crippen LogP contribution in [0.3, 0.4) is 0 Å². The Morgan fingerprint density at radius 1 is 1.00 bits per heavy atom. The van der Waals surface area contributed by atoms with Gasteiger partial charge in [0, 0.05) is 6.54 Å². The number of nitrogens with one attached hydrogen (secondary N) is 1. The molecule has 0 aliphatic carbocycles. The summed E-state index contributed by atoms with van der Waals surface area (Å²) in [7, 11) is 4.30. The zero-order valence-corrected chi connectivity index (χ0v) is 13.7. The van der Waals surface area contributed by atoms with Gasteiger partial charge in [-0.15, -0.1) is 0 Å². The molecule has 0 fully saturated rings. The first kappa shape index (κ1) is 15.3. The summed E-state index contributed by atoms with van der Waals surface area (Å²) in [4.78, 5) is 2.27. The molecule has 0 bridgehead atoms. The Kier molecular flexibility index (Phi) is 4.60. The highest BCUT2D eigenvalue weighted by Crippen LogP contribution is 2.38. The average molecular weight is 294 g/mol. The van der Waals surface area contributed by atoms with Gasteiger partial charge in [0.2, 0.25) is 0 Å². The lowest BCUT2D eigenvalue weighted by atomic mass is 9.74. The fraction of sp³-hybridized carbons (Fsp3) is 0.400. The highest BCUT2D eigenvalue weighted by molar-refractivity contribution is 5.45. The van der Waals surface area contributed by atoms with Crippen LogP contribution in [0.25, 0.3) is 0 Å². The van der Waals surface area contributed by atoms with Crippen LogP contribution in [0.2, 0.25) is 0 Å². The van der Waals surface area contributed by atoms with E-state index >= 15 is 0 Å². The fourth-order valence-electron chi connectivity index (χ4n) is 3.67. The van der Waals surface area contributed by atoms with Gasteiger partial charge in [0.05, 0.1) is 5.54 Å². The van der Waals surface area contributed by atoms with Crippen molar-refractivity contribution in [1.29, 1.82) is 0 Å². The zero-order valence-electron chi connectivity index (χ0n) is 13.7. The zero-order chi connectivity index (χ0) is 15.4. The highest BCUT2D eigenvalue weighted by atomic mass is 15.1. The first-order valence-electron chi connectivity index (χ1n) is 8.26. The maximum Gasteiger partial charge on any atom is 0.0693 e. The Hall–Kier alpha value is -1.64. The van der Waals surface area contributed by atoms with E-state index in [0.717, 1.165) is 25.9 Å². The first-order chi connectivity index (χ1) is 10.7. The largest absolute Gasteiger partial charge is 0.309 e. The summed E-state index contributed by atoms with van der Waals surface area (Å²) >= 11 is 0. The van der Waals surface area contributed by atoms with Crippen molar-refractivity contribution < 1.29 is 0 Å². The lowest BCUT2D eigenvalue weighted by Crippen LogP contribution is -2.48. The molecule has 1 aliphatic rings. The second-order valence-electron chi connectivity index (χ2n) is 6.51. The van der Waals surface area contributed by atoms with E-state index in [1.807, 2.05) is 0 Å². The van der Waals surface area contributed by atoms with Crippen LogP contribution in [0.15, 0.2) is 54.6 Å². The lowest BCUT2D eigenvalue weighted by molar-refractivity contribution is 0.312. The molecular formula is C20H26N2. The van der Waals surface area contributed by atoms with E-state index in [9.17, 15) is 0 Å². The summed E-state index contributed by atoms with van der Waals surface area (Å²) in [5, 5.41) is 3.86. The van der Waals surface area contributed by atoms with E-state index in [1.165, 1.54) is 23.1 Å². The molecule has 2 heteroatoms. The second-order valence-corrected chi connectivity index (χ2v) is 6.51. The molecule has 1 unspecified atom stereocenters. The molecule has 0 aromatic heterocycles. The summed E-state index contributed by atoms with van der Waals surface area (Å²) in [5.41, 5.74) is 4.31. The molecule has 3 rings (SSSR count). The third-order valence-corrected chi connectivity index (χ3v) is 4.72. The summed E-state index contributed by atoms with van der Waals surface area (Å²) in [6, 6.07) is 19.9. The SMILES string of the molecule is CN(C)CCCC1(c2ccccc2)NCCc2ccccc21. The summed E-state index contributed by atoms with van der Waals surface area (Å²) in [6.07, 6.45) is 3.44. The van der Waals surface area contributed by atoms with E-state index in [1.54, 1.807) is 0 Å². The van der Waals surface area contributed by atoms with Gasteiger partial charge in [0.15, 0.2) is 0 Å². The van der Waals surface area contributed by atoms with Crippen molar-refractivity contribution >= 4 is 0 Å². The second kappa shape index (κ2) is 6.64. The number of nitrogens with zero attached hydrogens (tertiary/aromatic N) is 1. The van der Waals surface area contributed by atoms with E-state index in [4.69, 9.17) is 0 Å². The van der Waals surface area contributed by atoms with Gasteiger partial charge in [-0.3, -0.25) is 0 Å². The number of fused-ring (bicyclic) bond motifs is 1. The quantitative estimate of drug-likeness (QED) is 0.909. The van der Waals surface area contributed by atoms with Gasteiger partial charge in [-0.2, -0.15) is 0 Å². The topological polar surface area (TPSA) is 15.3 Å². The van der Waals surface area contributed by atoms with Crippen molar-refractivity contribution in [3.63, 3.8) is 0 Å². The van der Waals surface area contributed by atoms with Crippen LogP contribution in [0.5, 0.6) is 0 Å². The molecule has 22 heavy (non-hydrogen) atoms. The van der Waals surface area contributed by atoms with Gasteiger partial charge in [0.25, 0.3) is 0 Å². The number of hydrogen-bond donors (Lipinski definition) is 1. The smallest absolute Gasteiger partial charge is 0.0693 e. The van der Waals surface area contributed by atoms with Crippen LogP contribution in [0.1, 0.15) is 29.5 Å². The van der Waals surface area contributed by atoms with E-state index in [-0.39, 0.29) is 5.54 Å². The molecule has 1 atom stereocenters. The molecule has 1 N–H and O–H groups in total. The normalized spacial score (nSPS) is 20.9. The van der Waals surface area contributed by atoms with E-state index in [0.29, 0.717) is 0 Å². The molecule has 2 aromatic carbocycles. The van der Waals surface area contributed by atoms with Crippen molar-refractivity contribution in [1.82, 2.24) is 10.2 Å².